The van der Waals surface area contributed by atoms with Crippen molar-refractivity contribution in [2.75, 3.05) is 12.4 Å². The molecule has 0 bridgehead atoms. The molecule has 0 unspecified atom stereocenters. The number of nitrogens with one attached hydrogen (secondary N) is 1. The first-order chi connectivity index (χ1) is 14.9. The molecule has 6 nitrogen and oxygen atoms in total. The number of carbonyl (C=O) groups excluding carboxylic acids is 1. The Bertz CT molecular complexity index is 1230. The first kappa shape index (κ1) is 20.3. The van der Waals surface area contributed by atoms with E-state index in [0.29, 0.717) is 5.82 Å². The van der Waals surface area contributed by atoms with E-state index in [1.807, 2.05) is 87.5 Å². The van der Waals surface area contributed by atoms with Crippen molar-refractivity contribution in [1.29, 1.82) is 0 Å². The topological polar surface area (TPSA) is 69.0 Å². The number of benzene rings is 3. The molecule has 0 saturated heterocycles. The van der Waals surface area contributed by atoms with E-state index in [1.54, 1.807) is 11.8 Å². The summed E-state index contributed by atoms with van der Waals surface area (Å²) >= 11 is 0. The number of hydrogen-bond donors (Lipinski definition) is 1. The fourth-order valence-electron chi connectivity index (χ4n) is 3.33. The fourth-order valence-corrected chi connectivity index (χ4v) is 3.33. The Kier molecular flexibility index (Phi) is 5.54. The second-order valence-corrected chi connectivity index (χ2v) is 7.51. The lowest BCUT2D eigenvalue weighted by Crippen LogP contribution is -2.15. The normalized spacial score (nSPS) is 10.7. The van der Waals surface area contributed by atoms with E-state index < -0.39 is 0 Å². The molecule has 0 atom stereocenters. The zero-order chi connectivity index (χ0) is 22.0. The third kappa shape index (κ3) is 4.33. The van der Waals surface area contributed by atoms with E-state index in [0.717, 1.165) is 39.4 Å². The molecule has 31 heavy (non-hydrogen) atoms. The molecule has 0 aliphatic carbocycles. The molecule has 1 N–H and O–H groups in total. The number of rotatable bonds is 5. The zero-order valence-electron chi connectivity index (χ0n) is 18.0. The van der Waals surface area contributed by atoms with E-state index in [9.17, 15) is 4.79 Å². The van der Waals surface area contributed by atoms with Gasteiger partial charge in [-0.3, -0.25) is 4.79 Å². The molecule has 1 heterocycles. The summed E-state index contributed by atoms with van der Waals surface area (Å²) in [4.78, 5) is 17.5. The maximum atomic E-state index is 13.0. The molecule has 0 spiro atoms. The number of methoxy groups -OCH3 is 1. The summed E-state index contributed by atoms with van der Waals surface area (Å²) in [5.41, 5.74) is 5.68. The maximum absolute atomic E-state index is 13.0. The summed E-state index contributed by atoms with van der Waals surface area (Å²) in [5.74, 6) is 1.09. The van der Waals surface area contributed by atoms with Gasteiger partial charge in [0.15, 0.2) is 5.82 Å². The van der Waals surface area contributed by atoms with Gasteiger partial charge in [0.05, 0.1) is 12.8 Å². The van der Waals surface area contributed by atoms with Crippen molar-refractivity contribution in [3.8, 4) is 22.8 Å². The lowest BCUT2D eigenvalue weighted by atomic mass is 10.1. The van der Waals surface area contributed by atoms with Gasteiger partial charge in [0.25, 0.3) is 5.91 Å². The summed E-state index contributed by atoms with van der Waals surface area (Å²) in [7, 11) is 1.62. The van der Waals surface area contributed by atoms with Crippen LogP contribution in [0.4, 0.5) is 5.69 Å². The smallest absolute Gasteiger partial charge is 0.295 e. The highest BCUT2D eigenvalue weighted by Gasteiger charge is 2.19. The molecule has 1 amide bonds. The number of ether oxygens (including phenoxy) is 1. The van der Waals surface area contributed by atoms with E-state index in [4.69, 9.17) is 4.74 Å². The van der Waals surface area contributed by atoms with Crippen LogP contribution in [0.2, 0.25) is 0 Å². The van der Waals surface area contributed by atoms with Crippen LogP contribution in [0.3, 0.4) is 0 Å². The van der Waals surface area contributed by atoms with Crippen molar-refractivity contribution in [2.45, 2.75) is 20.8 Å². The number of anilines is 1. The van der Waals surface area contributed by atoms with Crippen molar-refractivity contribution < 1.29 is 9.53 Å². The van der Waals surface area contributed by atoms with Crippen molar-refractivity contribution >= 4 is 11.6 Å². The molecule has 4 aromatic rings. The van der Waals surface area contributed by atoms with Gasteiger partial charge in [0, 0.05) is 11.3 Å². The van der Waals surface area contributed by atoms with Crippen molar-refractivity contribution in [1.82, 2.24) is 14.8 Å². The molecule has 0 aliphatic heterocycles. The molecule has 0 aliphatic rings. The van der Waals surface area contributed by atoms with Gasteiger partial charge >= 0.3 is 0 Å². The predicted octanol–water partition coefficient (Wildman–Crippen LogP) is 5.12. The maximum Gasteiger partial charge on any atom is 0.295 e. The summed E-state index contributed by atoms with van der Waals surface area (Å²) in [6, 6.07) is 21.3. The van der Waals surface area contributed by atoms with Crippen LogP contribution in [-0.4, -0.2) is 27.8 Å². The van der Waals surface area contributed by atoms with Gasteiger partial charge in [-0.2, -0.15) is 0 Å². The van der Waals surface area contributed by atoms with Crippen LogP contribution < -0.4 is 10.1 Å². The Balaban J connectivity index is 1.74. The van der Waals surface area contributed by atoms with Crippen LogP contribution in [0, 0.1) is 20.8 Å². The van der Waals surface area contributed by atoms with E-state index in [2.05, 4.69) is 15.4 Å². The Labute approximate surface area is 181 Å². The molecule has 4 rings (SSSR count). The lowest BCUT2D eigenvalue weighted by Gasteiger charge is -2.07. The van der Waals surface area contributed by atoms with Gasteiger partial charge in [-0.15, -0.1) is 5.10 Å². The van der Waals surface area contributed by atoms with Crippen molar-refractivity contribution in [2.24, 2.45) is 0 Å². The second kappa shape index (κ2) is 8.44. The Morgan fingerprint density at radius 2 is 1.58 bits per heavy atom. The van der Waals surface area contributed by atoms with E-state index in [1.165, 1.54) is 0 Å². The average molecular weight is 412 g/mol. The van der Waals surface area contributed by atoms with Gasteiger partial charge in [-0.1, -0.05) is 47.5 Å². The molecule has 6 heteroatoms. The van der Waals surface area contributed by atoms with Gasteiger partial charge in [0.1, 0.15) is 5.75 Å². The SMILES string of the molecule is COc1ccc(-n2nc(C(=O)Nc3ccc(C)cc3C)nc2-c2ccc(C)cc2)cc1. The first-order valence-corrected chi connectivity index (χ1v) is 10.0. The van der Waals surface area contributed by atoms with Crippen LogP contribution in [0.15, 0.2) is 66.7 Å². The van der Waals surface area contributed by atoms with Crippen LogP contribution in [0.5, 0.6) is 5.75 Å². The Hall–Kier alpha value is -3.93. The molecular formula is C25H24N4O2. The van der Waals surface area contributed by atoms with Gasteiger partial charge in [-0.25, -0.2) is 9.67 Å². The standard InChI is InChI=1S/C25H24N4O2/c1-16-5-8-19(9-6-16)24-27-23(25(30)26-22-14-7-17(2)15-18(22)3)28-29(24)20-10-12-21(31-4)13-11-20/h5-15H,1-4H3,(H,26,30). The molecule has 1 aromatic heterocycles. The minimum atomic E-state index is -0.354. The number of aromatic nitrogens is 3. The largest absolute Gasteiger partial charge is 0.497 e. The van der Waals surface area contributed by atoms with Crippen LogP contribution in [0.1, 0.15) is 27.3 Å². The summed E-state index contributed by atoms with van der Waals surface area (Å²) in [5, 5.41) is 7.46. The third-order valence-corrected chi connectivity index (χ3v) is 5.07. The molecule has 0 fully saturated rings. The highest BCUT2D eigenvalue weighted by molar-refractivity contribution is 6.02. The summed E-state index contributed by atoms with van der Waals surface area (Å²) < 4.78 is 6.93. The van der Waals surface area contributed by atoms with Gasteiger partial charge in [0.2, 0.25) is 5.82 Å². The minimum absolute atomic E-state index is 0.103. The van der Waals surface area contributed by atoms with Gasteiger partial charge in [-0.05, 0) is 56.7 Å². The average Bonchev–Trinajstić information content (AvgIpc) is 3.22. The van der Waals surface area contributed by atoms with E-state index in [-0.39, 0.29) is 11.7 Å². The van der Waals surface area contributed by atoms with Crippen LogP contribution >= 0.6 is 0 Å². The molecular weight excluding hydrogens is 388 g/mol. The highest BCUT2D eigenvalue weighted by Crippen LogP contribution is 2.24. The molecule has 0 radical (unpaired) electrons. The first-order valence-electron chi connectivity index (χ1n) is 10.0. The van der Waals surface area contributed by atoms with Crippen molar-refractivity contribution in [3.05, 3.63) is 89.2 Å². The lowest BCUT2D eigenvalue weighted by molar-refractivity contribution is 0.101. The number of hydrogen-bond acceptors (Lipinski definition) is 4. The Morgan fingerprint density at radius 1 is 0.903 bits per heavy atom. The number of amides is 1. The van der Waals surface area contributed by atoms with Crippen LogP contribution in [0.25, 0.3) is 17.1 Å². The van der Waals surface area contributed by atoms with Crippen LogP contribution in [-0.2, 0) is 0 Å². The molecule has 3 aromatic carbocycles. The molecule has 156 valence electrons. The van der Waals surface area contributed by atoms with E-state index >= 15 is 0 Å². The highest BCUT2D eigenvalue weighted by atomic mass is 16.5. The predicted molar refractivity (Wildman–Crippen MR) is 122 cm³/mol. The Morgan fingerprint density at radius 3 is 2.23 bits per heavy atom. The monoisotopic (exact) mass is 412 g/mol. The minimum Gasteiger partial charge on any atom is -0.497 e. The third-order valence-electron chi connectivity index (χ3n) is 5.07. The second-order valence-electron chi connectivity index (χ2n) is 7.51. The summed E-state index contributed by atoms with van der Waals surface area (Å²) in [6.07, 6.45) is 0. The van der Waals surface area contributed by atoms with Crippen molar-refractivity contribution in [3.63, 3.8) is 0 Å². The number of carbonyl (C=O) groups is 1. The zero-order valence-corrected chi connectivity index (χ0v) is 18.0. The number of nitrogens with zero attached hydrogens (tertiary/aromatic N) is 3. The summed E-state index contributed by atoms with van der Waals surface area (Å²) in [6.45, 7) is 6.01. The molecule has 0 saturated carbocycles. The van der Waals surface area contributed by atoms with Gasteiger partial charge < -0.3 is 10.1 Å². The quantitative estimate of drug-likeness (QED) is 0.494. The fraction of sp³-hybridized carbons (Fsp3) is 0.160. The number of aryl methyl sites for hydroxylation is 3.